The van der Waals surface area contributed by atoms with Crippen LogP contribution in [-0.2, 0) is 5.54 Å². The molecule has 0 radical (unpaired) electrons. The van der Waals surface area contributed by atoms with Gasteiger partial charge in [-0.1, -0.05) is 30.3 Å². The van der Waals surface area contributed by atoms with E-state index in [2.05, 4.69) is 51.5 Å². The van der Waals surface area contributed by atoms with E-state index >= 15 is 0 Å². The fourth-order valence-electron chi connectivity index (χ4n) is 2.86. The topological polar surface area (TPSA) is 68.0 Å². The van der Waals surface area contributed by atoms with Crippen LogP contribution in [0, 0.1) is 0 Å². The van der Waals surface area contributed by atoms with Gasteiger partial charge in [0.05, 0.1) is 5.54 Å². The van der Waals surface area contributed by atoms with Gasteiger partial charge in [-0.2, -0.15) is 0 Å². The van der Waals surface area contributed by atoms with Gasteiger partial charge in [-0.25, -0.2) is 9.97 Å². The van der Waals surface area contributed by atoms with Gasteiger partial charge >= 0.3 is 0 Å². The highest BCUT2D eigenvalue weighted by Crippen LogP contribution is 2.26. The lowest BCUT2D eigenvalue weighted by Crippen LogP contribution is -2.28. The number of aromatic nitrogens is 5. The van der Waals surface area contributed by atoms with Crippen molar-refractivity contribution in [2.75, 3.05) is 5.32 Å². The molecule has 0 amide bonds. The zero-order valence-electron chi connectivity index (χ0n) is 14.1. The second kappa shape index (κ2) is 5.98. The van der Waals surface area contributed by atoms with Crippen LogP contribution in [0.2, 0.25) is 0 Å². The van der Waals surface area contributed by atoms with Gasteiger partial charge in [0.25, 0.3) is 0 Å². The Morgan fingerprint density at radius 3 is 2.60 bits per heavy atom. The third kappa shape index (κ3) is 2.94. The van der Waals surface area contributed by atoms with Crippen LogP contribution in [0.15, 0.2) is 67.3 Å². The number of pyridine rings is 1. The number of anilines is 1. The van der Waals surface area contributed by atoms with Crippen molar-refractivity contribution >= 4 is 11.5 Å². The van der Waals surface area contributed by atoms with Gasteiger partial charge in [-0.05, 0) is 31.5 Å². The average molecular weight is 330 g/mol. The fraction of sp³-hybridized carbons (Fsp3) is 0.158. The largest absolute Gasteiger partial charge is 0.361 e. The van der Waals surface area contributed by atoms with E-state index in [4.69, 9.17) is 0 Å². The molecule has 1 N–H and O–H groups in total. The highest BCUT2D eigenvalue weighted by molar-refractivity contribution is 5.62. The summed E-state index contributed by atoms with van der Waals surface area (Å²) < 4.78 is 1.86. The van der Waals surface area contributed by atoms with Crippen molar-refractivity contribution in [3.63, 3.8) is 0 Å². The van der Waals surface area contributed by atoms with Crippen molar-refractivity contribution in [2.45, 2.75) is 19.4 Å². The number of benzene rings is 1. The highest BCUT2D eigenvalue weighted by Gasteiger charge is 2.20. The smallest absolute Gasteiger partial charge is 0.163 e. The van der Waals surface area contributed by atoms with Gasteiger partial charge in [-0.15, -0.1) is 10.2 Å². The molecule has 3 heterocycles. The molecule has 0 unspecified atom stereocenters. The van der Waals surface area contributed by atoms with E-state index in [0.29, 0.717) is 0 Å². The van der Waals surface area contributed by atoms with E-state index in [1.54, 1.807) is 18.7 Å². The molecule has 0 spiro atoms. The molecule has 0 saturated heterocycles. The molecule has 6 nitrogen and oxygen atoms in total. The quantitative estimate of drug-likeness (QED) is 0.620. The number of rotatable bonds is 4. The van der Waals surface area contributed by atoms with Crippen LogP contribution >= 0.6 is 0 Å². The fourth-order valence-corrected chi connectivity index (χ4v) is 2.86. The van der Waals surface area contributed by atoms with E-state index in [1.807, 2.05) is 40.8 Å². The van der Waals surface area contributed by atoms with Gasteiger partial charge < -0.3 is 5.32 Å². The molecule has 1 aromatic carbocycles. The lowest BCUT2D eigenvalue weighted by molar-refractivity contribution is 0.606. The Labute approximate surface area is 145 Å². The molecule has 6 heteroatoms. The maximum absolute atomic E-state index is 4.47. The predicted octanol–water partition coefficient (Wildman–Crippen LogP) is 3.53. The number of hydrogen-bond acceptors (Lipinski definition) is 5. The average Bonchev–Trinajstić information content (AvgIpc) is 3.11. The predicted molar refractivity (Wildman–Crippen MR) is 97.1 cm³/mol. The number of nitrogens with one attached hydrogen (secondary N) is 1. The van der Waals surface area contributed by atoms with Crippen LogP contribution in [0.1, 0.15) is 19.4 Å². The normalized spacial score (nSPS) is 11.6. The molecule has 4 aromatic rings. The van der Waals surface area contributed by atoms with Crippen LogP contribution in [-0.4, -0.2) is 24.6 Å². The third-order valence-corrected chi connectivity index (χ3v) is 4.18. The molecule has 25 heavy (non-hydrogen) atoms. The molecule has 3 aromatic heterocycles. The molecule has 0 aliphatic heterocycles. The van der Waals surface area contributed by atoms with E-state index < -0.39 is 0 Å². The lowest BCUT2D eigenvalue weighted by Gasteiger charge is -2.27. The Morgan fingerprint density at radius 1 is 0.960 bits per heavy atom. The first-order chi connectivity index (χ1) is 12.1. The minimum absolute atomic E-state index is 0.247. The van der Waals surface area contributed by atoms with Crippen molar-refractivity contribution < 1.29 is 0 Å². The Kier molecular flexibility index (Phi) is 3.65. The van der Waals surface area contributed by atoms with Crippen molar-refractivity contribution in [3.05, 3.63) is 72.8 Å². The number of fused-ring (bicyclic) bond motifs is 1. The molecule has 0 aliphatic carbocycles. The van der Waals surface area contributed by atoms with Crippen LogP contribution in [0.5, 0.6) is 0 Å². The summed E-state index contributed by atoms with van der Waals surface area (Å²) in [6.07, 6.45) is 5.18. The van der Waals surface area contributed by atoms with Crippen LogP contribution < -0.4 is 5.32 Å². The molecule has 0 atom stereocenters. The van der Waals surface area contributed by atoms with Crippen molar-refractivity contribution in [3.8, 4) is 11.4 Å². The second-order valence-corrected chi connectivity index (χ2v) is 6.37. The summed E-state index contributed by atoms with van der Waals surface area (Å²) in [5.74, 6) is 1.57. The van der Waals surface area contributed by atoms with Gasteiger partial charge in [0, 0.05) is 24.0 Å². The summed E-state index contributed by atoms with van der Waals surface area (Å²) >= 11 is 0. The van der Waals surface area contributed by atoms with Crippen molar-refractivity contribution in [1.29, 1.82) is 0 Å². The molecule has 0 fully saturated rings. The summed E-state index contributed by atoms with van der Waals surface area (Å²) in [6.45, 7) is 4.27. The minimum Gasteiger partial charge on any atom is -0.361 e. The van der Waals surface area contributed by atoms with E-state index in [1.165, 1.54) is 5.56 Å². The highest BCUT2D eigenvalue weighted by atomic mass is 15.2. The first-order valence-electron chi connectivity index (χ1n) is 8.08. The van der Waals surface area contributed by atoms with Gasteiger partial charge in [0.1, 0.15) is 18.0 Å². The molecular weight excluding hydrogens is 312 g/mol. The summed E-state index contributed by atoms with van der Waals surface area (Å²) in [5, 5.41) is 11.5. The number of nitrogens with zero attached hydrogens (tertiary/aromatic N) is 5. The second-order valence-electron chi connectivity index (χ2n) is 6.37. The Balaban J connectivity index is 1.70. The Bertz CT molecular complexity index is 1010. The van der Waals surface area contributed by atoms with Crippen LogP contribution in [0.25, 0.3) is 17.0 Å². The van der Waals surface area contributed by atoms with Gasteiger partial charge in [0.2, 0.25) is 0 Å². The molecule has 124 valence electrons. The summed E-state index contributed by atoms with van der Waals surface area (Å²) in [4.78, 5) is 8.94. The van der Waals surface area contributed by atoms with Gasteiger partial charge in [-0.3, -0.25) is 4.40 Å². The number of hydrogen-bond donors (Lipinski definition) is 1. The zero-order valence-corrected chi connectivity index (χ0v) is 14.1. The molecule has 0 aliphatic rings. The monoisotopic (exact) mass is 330 g/mol. The Hall–Kier alpha value is -3.28. The Morgan fingerprint density at radius 2 is 1.76 bits per heavy atom. The maximum atomic E-state index is 4.47. The van der Waals surface area contributed by atoms with E-state index in [0.717, 1.165) is 22.9 Å². The summed E-state index contributed by atoms with van der Waals surface area (Å²) in [7, 11) is 0. The maximum Gasteiger partial charge on any atom is 0.163 e. The van der Waals surface area contributed by atoms with Gasteiger partial charge in [0.15, 0.2) is 5.65 Å². The lowest BCUT2D eigenvalue weighted by atomic mass is 9.94. The molecular formula is C19H18N6. The molecule has 0 saturated carbocycles. The minimum atomic E-state index is -0.247. The molecule has 0 bridgehead atoms. The van der Waals surface area contributed by atoms with Crippen molar-refractivity contribution in [1.82, 2.24) is 24.6 Å². The van der Waals surface area contributed by atoms with E-state index in [-0.39, 0.29) is 5.54 Å². The van der Waals surface area contributed by atoms with Crippen molar-refractivity contribution in [2.24, 2.45) is 0 Å². The standard InChI is InChI=1S/C19H18N6/c1-19(2,15-6-4-3-5-7-15)23-16-12-14(8-10-20-16)18-21-11-9-17-24-22-13-25(17)18/h3-13H,1-2H3,(H,20,23). The SMILES string of the molecule is CC(C)(Nc1cc(-c2nccc3nncn23)ccn1)c1ccccc1. The summed E-state index contributed by atoms with van der Waals surface area (Å²) in [6, 6.07) is 16.1. The first kappa shape index (κ1) is 15.3. The third-order valence-electron chi connectivity index (χ3n) is 4.18. The van der Waals surface area contributed by atoms with E-state index in [9.17, 15) is 0 Å². The molecule has 4 rings (SSSR count). The first-order valence-corrected chi connectivity index (χ1v) is 8.08. The summed E-state index contributed by atoms with van der Waals surface area (Å²) in [5.41, 5.74) is 2.66. The van der Waals surface area contributed by atoms with Crippen LogP contribution in [0.3, 0.4) is 0 Å². The van der Waals surface area contributed by atoms with Crippen LogP contribution in [0.4, 0.5) is 5.82 Å². The zero-order chi connectivity index (χ0) is 17.3.